The third kappa shape index (κ3) is 7.60. The number of carbonyl (C=O) groups is 2. The summed E-state index contributed by atoms with van der Waals surface area (Å²) in [5, 5.41) is 2.43. The Labute approximate surface area is 103 Å². The van der Waals surface area contributed by atoms with Crippen molar-refractivity contribution in [3.63, 3.8) is 0 Å². The Morgan fingerprint density at radius 3 is 2.18 bits per heavy atom. The summed E-state index contributed by atoms with van der Waals surface area (Å²) in [6.07, 6.45) is -0.0262. The van der Waals surface area contributed by atoms with E-state index in [2.05, 4.69) is 5.32 Å². The minimum absolute atomic E-state index is 0.148. The molecule has 0 aliphatic rings. The Morgan fingerprint density at radius 2 is 1.76 bits per heavy atom. The Hall–Kier alpha value is -1.26. The summed E-state index contributed by atoms with van der Waals surface area (Å²) in [6, 6.07) is -0.709. The molecule has 5 heteroatoms. The summed E-state index contributed by atoms with van der Waals surface area (Å²) in [6.45, 7) is 10.6. The van der Waals surface area contributed by atoms with Gasteiger partial charge in [0.2, 0.25) is 0 Å². The number of esters is 1. The van der Waals surface area contributed by atoms with E-state index in [1.54, 1.807) is 34.6 Å². The average molecular weight is 245 g/mol. The summed E-state index contributed by atoms with van der Waals surface area (Å²) in [4.78, 5) is 22.9. The van der Waals surface area contributed by atoms with Gasteiger partial charge in [0.25, 0.3) is 0 Å². The van der Waals surface area contributed by atoms with Gasteiger partial charge in [-0.25, -0.2) is 9.59 Å². The predicted molar refractivity (Wildman–Crippen MR) is 64.7 cm³/mol. The maximum atomic E-state index is 11.5. The lowest BCUT2D eigenvalue weighted by molar-refractivity contribution is -0.150. The predicted octanol–water partition coefficient (Wildman–Crippen LogP) is 2.24. The number of hydrogen-bond acceptors (Lipinski definition) is 4. The van der Waals surface area contributed by atoms with Crippen molar-refractivity contribution in [2.75, 3.05) is 0 Å². The van der Waals surface area contributed by atoms with Gasteiger partial charge in [-0.2, -0.15) is 0 Å². The monoisotopic (exact) mass is 245 g/mol. The highest BCUT2D eigenvalue weighted by Gasteiger charge is 2.22. The van der Waals surface area contributed by atoms with Crippen LogP contribution < -0.4 is 5.32 Å². The van der Waals surface area contributed by atoms with Crippen LogP contribution >= 0.6 is 0 Å². The second-order valence-electron chi connectivity index (χ2n) is 5.02. The largest absolute Gasteiger partial charge is 0.461 e. The molecule has 2 atom stereocenters. The molecule has 0 fully saturated rings. The average Bonchev–Trinajstić information content (AvgIpc) is 2.14. The molecule has 1 amide bonds. The molecule has 1 unspecified atom stereocenters. The molecule has 0 spiro atoms. The van der Waals surface area contributed by atoms with Gasteiger partial charge >= 0.3 is 12.1 Å². The summed E-state index contributed by atoms with van der Waals surface area (Å²) in [5.74, 6) is -0.454. The van der Waals surface area contributed by atoms with Gasteiger partial charge < -0.3 is 14.8 Å². The maximum Gasteiger partial charge on any atom is 0.408 e. The van der Waals surface area contributed by atoms with E-state index < -0.39 is 23.7 Å². The van der Waals surface area contributed by atoms with Crippen molar-refractivity contribution in [2.24, 2.45) is 0 Å². The minimum Gasteiger partial charge on any atom is -0.461 e. The van der Waals surface area contributed by atoms with Crippen LogP contribution in [0.15, 0.2) is 0 Å². The molecule has 0 bridgehead atoms. The van der Waals surface area contributed by atoms with E-state index in [-0.39, 0.29) is 6.10 Å². The highest BCUT2D eigenvalue weighted by Crippen LogP contribution is 2.07. The Kier molecular flexibility index (Phi) is 5.99. The molecule has 0 aliphatic heterocycles. The minimum atomic E-state index is -0.709. The lowest BCUT2D eigenvalue weighted by Gasteiger charge is -2.22. The molecule has 0 aromatic heterocycles. The first kappa shape index (κ1) is 15.7. The van der Waals surface area contributed by atoms with E-state index in [1.807, 2.05) is 6.92 Å². The quantitative estimate of drug-likeness (QED) is 0.771. The first-order valence-corrected chi connectivity index (χ1v) is 5.85. The molecule has 17 heavy (non-hydrogen) atoms. The van der Waals surface area contributed by atoms with Gasteiger partial charge in [-0.05, 0) is 41.0 Å². The zero-order valence-electron chi connectivity index (χ0n) is 11.5. The molecule has 0 heterocycles. The van der Waals surface area contributed by atoms with Crippen LogP contribution in [0.5, 0.6) is 0 Å². The number of nitrogens with one attached hydrogen (secondary N) is 1. The highest BCUT2D eigenvalue weighted by atomic mass is 16.6. The Morgan fingerprint density at radius 1 is 1.24 bits per heavy atom. The number of rotatable bonds is 4. The second kappa shape index (κ2) is 6.47. The fraction of sp³-hybridized carbons (Fsp3) is 0.833. The van der Waals surface area contributed by atoms with Crippen LogP contribution in [0, 0.1) is 0 Å². The molecule has 0 aromatic carbocycles. The van der Waals surface area contributed by atoms with E-state index >= 15 is 0 Å². The number of ether oxygens (including phenoxy) is 2. The normalized spacial score (nSPS) is 14.7. The first-order valence-electron chi connectivity index (χ1n) is 5.85. The fourth-order valence-corrected chi connectivity index (χ4v) is 0.927. The van der Waals surface area contributed by atoms with Crippen molar-refractivity contribution >= 4 is 12.1 Å². The van der Waals surface area contributed by atoms with Crippen LogP contribution in [0.4, 0.5) is 4.79 Å². The molecular weight excluding hydrogens is 222 g/mol. The van der Waals surface area contributed by atoms with Crippen LogP contribution in [0.1, 0.15) is 48.0 Å². The van der Waals surface area contributed by atoms with Gasteiger partial charge in [-0.1, -0.05) is 6.92 Å². The van der Waals surface area contributed by atoms with Crippen LogP contribution in [-0.2, 0) is 14.3 Å². The number of carbonyl (C=O) groups excluding carboxylic acids is 2. The summed E-state index contributed by atoms with van der Waals surface area (Å²) in [7, 11) is 0. The topological polar surface area (TPSA) is 64.6 Å². The third-order valence-corrected chi connectivity index (χ3v) is 1.98. The third-order valence-electron chi connectivity index (χ3n) is 1.98. The molecule has 0 saturated carbocycles. The molecule has 0 radical (unpaired) electrons. The lowest BCUT2D eigenvalue weighted by atomic mass is 10.2. The van der Waals surface area contributed by atoms with Crippen LogP contribution in [-0.4, -0.2) is 29.8 Å². The van der Waals surface area contributed by atoms with Crippen LogP contribution in [0.25, 0.3) is 0 Å². The smallest absolute Gasteiger partial charge is 0.408 e. The van der Waals surface area contributed by atoms with Crippen molar-refractivity contribution in [1.82, 2.24) is 5.32 Å². The van der Waals surface area contributed by atoms with Gasteiger partial charge in [0.1, 0.15) is 11.6 Å². The van der Waals surface area contributed by atoms with Gasteiger partial charge in [-0.3, -0.25) is 0 Å². The number of hydrogen-bond donors (Lipinski definition) is 1. The van der Waals surface area contributed by atoms with Crippen molar-refractivity contribution < 1.29 is 19.1 Å². The van der Waals surface area contributed by atoms with Gasteiger partial charge in [0.05, 0.1) is 6.10 Å². The van der Waals surface area contributed by atoms with Gasteiger partial charge in [-0.15, -0.1) is 0 Å². The van der Waals surface area contributed by atoms with E-state index in [0.29, 0.717) is 0 Å². The zero-order chi connectivity index (χ0) is 13.6. The highest BCUT2D eigenvalue weighted by molar-refractivity contribution is 5.81. The molecule has 1 N–H and O–H groups in total. The van der Waals surface area contributed by atoms with E-state index in [9.17, 15) is 9.59 Å². The molecule has 0 aliphatic carbocycles. The van der Waals surface area contributed by atoms with Crippen molar-refractivity contribution in [3.05, 3.63) is 0 Å². The van der Waals surface area contributed by atoms with E-state index in [1.165, 1.54) is 0 Å². The van der Waals surface area contributed by atoms with E-state index in [4.69, 9.17) is 9.47 Å². The summed E-state index contributed by atoms with van der Waals surface area (Å²) < 4.78 is 10.1. The second-order valence-corrected chi connectivity index (χ2v) is 5.02. The van der Waals surface area contributed by atoms with Crippen molar-refractivity contribution in [2.45, 2.75) is 65.7 Å². The SMILES string of the molecule is CC[C@H](C)OC(=O)C(C)NC(=O)OC(C)(C)C. The van der Waals surface area contributed by atoms with Gasteiger partial charge in [0, 0.05) is 0 Å². The van der Waals surface area contributed by atoms with Crippen LogP contribution in [0.2, 0.25) is 0 Å². The van der Waals surface area contributed by atoms with Crippen molar-refractivity contribution in [3.8, 4) is 0 Å². The number of alkyl carbamates (subject to hydrolysis) is 1. The van der Waals surface area contributed by atoms with Gasteiger partial charge in [0.15, 0.2) is 0 Å². The Balaban J connectivity index is 4.12. The lowest BCUT2D eigenvalue weighted by Crippen LogP contribution is -2.43. The van der Waals surface area contributed by atoms with Crippen LogP contribution in [0.3, 0.4) is 0 Å². The van der Waals surface area contributed by atoms with E-state index in [0.717, 1.165) is 6.42 Å². The molecule has 0 aromatic rings. The molecule has 5 nitrogen and oxygen atoms in total. The number of amides is 1. The van der Waals surface area contributed by atoms with Crippen molar-refractivity contribution in [1.29, 1.82) is 0 Å². The molecule has 0 rings (SSSR count). The molecular formula is C12H23NO4. The first-order chi connectivity index (χ1) is 7.65. The molecule has 0 saturated heterocycles. The summed E-state index contributed by atoms with van der Waals surface area (Å²) in [5.41, 5.74) is -0.579. The summed E-state index contributed by atoms with van der Waals surface area (Å²) >= 11 is 0. The Bertz CT molecular complexity index is 270. The maximum absolute atomic E-state index is 11.5. The standard InChI is InChI=1S/C12H23NO4/c1-7-8(2)16-10(14)9(3)13-11(15)17-12(4,5)6/h8-9H,7H2,1-6H3,(H,13,15)/t8-,9?/m0/s1. The molecule has 100 valence electrons. The fourth-order valence-electron chi connectivity index (χ4n) is 0.927. The zero-order valence-corrected chi connectivity index (χ0v) is 11.5.